The molecule has 0 radical (unpaired) electrons. The lowest BCUT2D eigenvalue weighted by Crippen LogP contribution is -2.36. The average Bonchev–Trinajstić information content (AvgIpc) is 3.00. The molecule has 1 atom stereocenters. The molecule has 2 N–H and O–H groups in total. The molecule has 1 unspecified atom stereocenters. The summed E-state index contributed by atoms with van der Waals surface area (Å²) in [5.41, 5.74) is 0.876. The molecule has 0 saturated carbocycles. The first kappa shape index (κ1) is 19.5. The van der Waals surface area contributed by atoms with E-state index in [0.717, 1.165) is 12.8 Å². The van der Waals surface area contributed by atoms with E-state index >= 15 is 0 Å². The molecule has 0 aliphatic carbocycles. The Morgan fingerprint density at radius 2 is 1.91 bits per heavy atom. The van der Waals surface area contributed by atoms with E-state index < -0.39 is 17.7 Å². The Morgan fingerprint density at radius 3 is 2.43 bits per heavy atom. The van der Waals surface area contributed by atoms with Crippen LogP contribution in [0.2, 0.25) is 0 Å². The van der Waals surface area contributed by atoms with Crippen molar-refractivity contribution in [1.82, 2.24) is 10.6 Å². The van der Waals surface area contributed by atoms with Gasteiger partial charge in [0.1, 0.15) is 18.8 Å². The standard InChI is InChI=1S/C17H30N2O4/c1-12(7-8-13-17(5,6)19-13)9-10-22-14(20)11-18-15(21)23-16(2,3)4/h9,13,19H,7-8,10-11H2,1-6H3,(H,18,21)/b12-9+. The Bertz CT molecular complexity index is 464. The molecule has 0 aromatic rings. The first-order chi connectivity index (χ1) is 10.5. The molecule has 0 spiro atoms. The van der Waals surface area contributed by atoms with Gasteiger partial charge in [-0.05, 0) is 60.5 Å². The second-order valence-corrected chi connectivity index (χ2v) is 7.55. The smallest absolute Gasteiger partial charge is 0.408 e. The molecule has 0 aromatic carbocycles. The zero-order valence-corrected chi connectivity index (χ0v) is 15.1. The molecule has 0 aromatic heterocycles. The van der Waals surface area contributed by atoms with Crippen LogP contribution in [0.4, 0.5) is 4.79 Å². The predicted molar refractivity (Wildman–Crippen MR) is 89.2 cm³/mol. The van der Waals surface area contributed by atoms with E-state index in [1.807, 2.05) is 13.0 Å². The molecular formula is C17H30N2O4. The third-order valence-corrected chi connectivity index (χ3v) is 3.61. The van der Waals surface area contributed by atoms with Gasteiger partial charge in [-0.25, -0.2) is 4.79 Å². The van der Waals surface area contributed by atoms with Crippen molar-refractivity contribution in [2.45, 2.75) is 71.6 Å². The zero-order valence-electron chi connectivity index (χ0n) is 15.1. The number of nitrogens with one attached hydrogen (secondary N) is 2. The van der Waals surface area contributed by atoms with Crippen LogP contribution >= 0.6 is 0 Å². The topological polar surface area (TPSA) is 86.6 Å². The molecule has 1 aliphatic heterocycles. The lowest BCUT2D eigenvalue weighted by molar-refractivity contribution is -0.141. The molecule has 1 amide bonds. The predicted octanol–water partition coefficient (Wildman–Crippen LogP) is 2.53. The minimum atomic E-state index is -0.624. The van der Waals surface area contributed by atoms with E-state index in [1.54, 1.807) is 20.8 Å². The van der Waals surface area contributed by atoms with Gasteiger partial charge in [0, 0.05) is 11.6 Å². The molecule has 1 heterocycles. The van der Waals surface area contributed by atoms with Gasteiger partial charge in [0.05, 0.1) is 0 Å². The van der Waals surface area contributed by atoms with Crippen LogP contribution in [0.3, 0.4) is 0 Å². The monoisotopic (exact) mass is 326 g/mol. The second kappa shape index (κ2) is 7.81. The van der Waals surface area contributed by atoms with Crippen LogP contribution in [0.5, 0.6) is 0 Å². The number of amides is 1. The normalized spacial score (nSPS) is 19.9. The van der Waals surface area contributed by atoms with Crippen molar-refractivity contribution >= 4 is 12.1 Å². The molecule has 1 rings (SSSR count). The Morgan fingerprint density at radius 1 is 1.30 bits per heavy atom. The molecule has 1 aliphatic rings. The summed E-state index contributed by atoms with van der Waals surface area (Å²) in [7, 11) is 0. The highest BCUT2D eigenvalue weighted by molar-refractivity contribution is 5.78. The van der Waals surface area contributed by atoms with E-state index in [0.29, 0.717) is 6.04 Å². The number of hydrogen-bond donors (Lipinski definition) is 2. The van der Waals surface area contributed by atoms with E-state index in [9.17, 15) is 9.59 Å². The molecule has 0 bridgehead atoms. The Labute approximate surface area is 139 Å². The van der Waals surface area contributed by atoms with Gasteiger partial charge in [-0.15, -0.1) is 0 Å². The molecular weight excluding hydrogens is 296 g/mol. The summed E-state index contributed by atoms with van der Waals surface area (Å²) in [5.74, 6) is -0.482. The third kappa shape index (κ3) is 8.59. The SMILES string of the molecule is C/C(=C\COC(=O)CNC(=O)OC(C)(C)C)CCC1NC1(C)C. The summed E-state index contributed by atoms with van der Waals surface area (Å²) in [5, 5.41) is 5.79. The number of esters is 1. The van der Waals surface area contributed by atoms with Gasteiger partial charge >= 0.3 is 12.1 Å². The summed E-state index contributed by atoms with van der Waals surface area (Å²) in [6.45, 7) is 11.7. The van der Waals surface area contributed by atoms with Crippen molar-refractivity contribution in [3.05, 3.63) is 11.6 Å². The van der Waals surface area contributed by atoms with E-state index in [2.05, 4.69) is 24.5 Å². The Hall–Kier alpha value is -1.56. The zero-order chi connectivity index (χ0) is 17.7. The molecule has 1 saturated heterocycles. The molecule has 6 heteroatoms. The van der Waals surface area contributed by atoms with Gasteiger partial charge in [0.25, 0.3) is 0 Å². The number of ether oxygens (including phenoxy) is 2. The second-order valence-electron chi connectivity index (χ2n) is 7.55. The Balaban J connectivity index is 2.13. The van der Waals surface area contributed by atoms with Crippen molar-refractivity contribution in [2.24, 2.45) is 0 Å². The third-order valence-electron chi connectivity index (χ3n) is 3.61. The van der Waals surface area contributed by atoms with Crippen molar-refractivity contribution < 1.29 is 19.1 Å². The maximum atomic E-state index is 11.5. The largest absolute Gasteiger partial charge is 0.460 e. The number of rotatable bonds is 7. The number of allylic oxidation sites excluding steroid dienone is 1. The molecule has 6 nitrogen and oxygen atoms in total. The van der Waals surface area contributed by atoms with Crippen LogP contribution in [0, 0.1) is 0 Å². The summed E-state index contributed by atoms with van der Waals surface area (Å²) >= 11 is 0. The molecule has 132 valence electrons. The van der Waals surface area contributed by atoms with Gasteiger partial charge in [0.2, 0.25) is 0 Å². The summed E-state index contributed by atoms with van der Waals surface area (Å²) in [6, 6.07) is 0.575. The van der Waals surface area contributed by atoms with Crippen molar-refractivity contribution in [3.63, 3.8) is 0 Å². The summed E-state index contributed by atoms with van der Waals surface area (Å²) < 4.78 is 10.1. The number of carbonyl (C=O) groups excluding carboxylic acids is 2. The van der Waals surface area contributed by atoms with Gasteiger partial charge in [-0.1, -0.05) is 5.57 Å². The van der Waals surface area contributed by atoms with Gasteiger partial charge in [-0.3, -0.25) is 4.79 Å². The fourth-order valence-electron chi connectivity index (χ4n) is 2.10. The lowest BCUT2D eigenvalue weighted by atomic mass is 10.0. The van der Waals surface area contributed by atoms with E-state index in [-0.39, 0.29) is 18.7 Å². The Kier molecular flexibility index (Phi) is 6.62. The maximum Gasteiger partial charge on any atom is 0.408 e. The minimum absolute atomic E-state index is 0.192. The number of alkyl carbamates (subject to hydrolysis) is 1. The van der Waals surface area contributed by atoms with Crippen LogP contribution in [0.1, 0.15) is 54.4 Å². The van der Waals surface area contributed by atoms with Gasteiger partial charge in [0.15, 0.2) is 0 Å². The van der Waals surface area contributed by atoms with E-state index in [4.69, 9.17) is 9.47 Å². The van der Waals surface area contributed by atoms with Crippen LogP contribution < -0.4 is 10.6 Å². The van der Waals surface area contributed by atoms with Gasteiger partial charge < -0.3 is 20.1 Å². The van der Waals surface area contributed by atoms with Crippen LogP contribution in [0.25, 0.3) is 0 Å². The first-order valence-electron chi connectivity index (χ1n) is 8.05. The van der Waals surface area contributed by atoms with Crippen molar-refractivity contribution in [1.29, 1.82) is 0 Å². The van der Waals surface area contributed by atoms with Crippen LogP contribution in [-0.4, -0.2) is 42.4 Å². The summed E-state index contributed by atoms with van der Waals surface area (Å²) in [4.78, 5) is 22.9. The van der Waals surface area contributed by atoms with Crippen LogP contribution in [-0.2, 0) is 14.3 Å². The fourth-order valence-corrected chi connectivity index (χ4v) is 2.10. The highest BCUT2D eigenvalue weighted by Gasteiger charge is 2.43. The van der Waals surface area contributed by atoms with Crippen molar-refractivity contribution in [2.75, 3.05) is 13.2 Å². The van der Waals surface area contributed by atoms with Crippen LogP contribution in [0.15, 0.2) is 11.6 Å². The number of hydrogen-bond acceptors (Lipinski definition) is 5. The summed E-state index contributed by atoms with van der Waals surface area (Å²) in [6.07, 6.45) is 3.35. The fraction of sp³-hybridized carbons (Fsp3) is 0.765. The average molecular weight is 326 g/mol. The highest BCUT2D eigenvalue weighted by atomic mass is 16.6. The highest BCUT2D eigenvalue weighted by Crippen LogP contribution is 2.29. The van der Waals surface area contributed by atoms with Crippen molar-refractivity contribution in [3.8, 4) is 0 Å². The quantitative estimate of drug-likeness (QED) is 0.426. The van der Waals surface area contributed by atoms with Gasteiger partial charge in [-0.2, -0.15) is 0 Å². The van der Waals surface area contributed by atoms with E-state index in [1.165, 1.54) is 5.57 Å². The maximum absolute atomic E-state index is 11.5. The lowest BCUT2D eigenvalue weighted by Gasteiger charge is -2.19. The minimum Gasteiger partial charge on any atom is -0.460 e. The number of carbonyl (C=O) groups is 2. The first-order valence-corrected chi connectivity index (χ1v) is 8.05. The molecule has 1 fully saturated rings. The molecule has 23 heavy (non-hydrogen) atoms.